The van der Waals surface area contributed by atoms with Crippen molar-refractivity contribution in [3.05, 3.63) is 65.2 Å². The number of piperidine rings is 1. The van der Waals surface area contributed by atoms with E-state index in [0.29, 0.717) is 5.56 Å². The third kappa shape index (κ3) is 4.42. The molecular formula is C22H20F5NO4. The summed E-state index contributed by atoms with van der Waals surface area (Å²) < 4.78 is 77.5. The van der Waals surface area contributed by atoms with Crippen molar-refractivity contribution in [1.82, 2.24) is 4.90 Å². The molecule has 1 atom stereocenters. The van der Waals surface area contributed by atoms with Gasteiger partial charge >= 0.3 is 12.1 Å². The summed E-state index contributed by atoms with van der Waals surface area (Å²) in [5, 5.41) is 10.2. The molecule has 10 heteroatoms. The van der Waals surface area contributed by atoms with Crippen LogP contribution >= 0.6 is 0 Å². The van der Waals surface area contributed by atoms with Crippen molar-refractivity contribution in [3.8, 4) is 5.75 Å². The molecule has 2 saturated heterocycles. The van der Waals surface area contributed by atoms with Crippen LogP contribution in [0.4, 0.5) is 22.0 Å². The molecular weight excluding hydrogens is 437 g/mol. The number of rotatable bonds is 4. The number of amides is 1. The van der Waals surface area contributed by atoms with Gasteiger partial charge in [0.2, 0.25) is 0 Å². The molecule has 2 fully saturated rings. The summed E-state index contributed by atoms with van der Waals surface area (Å²) in [6, 6.07) is 9.60. The topological polar surface area (TPSA) is 59.0 Å². The Hall–Kier alpha value is -2.72. The minimum absolute atomic E-state index is 0.000740. The normalized spacial score (nSPS) is 22.2. The highest BCUT2D eigenvalue weighted by Gasteiger charge is 2.48. The lowest BCUT2D eigenvalue weighted by Crippen LogP contribution is -2.55. The van der Waals surface area contributed by atoms with Crippen molar-refractivity contribution in [3.63, 3.8) is 0 Å². The number of aliphatic hydroxyl groups is 1. The Morgan fingerprint density at radius 2 is 1.69 bits per heavy atom. The van der Waals surface area contributed by atoms with Crippen LogP contribution in [0.2, 0.25) is 0 Å². The van der Waals surface area contributed by atoms with E-state index < -0.39 is 41.8 Å². The standard InChI is InChI=1S/C22H20F5NO4/c23-21(24)11-28(19(29)14-1-3-15(4-2-14)20(30)12-31-13-20)10-9-18(21)32-17-7-5-16(6-8-17)22(25,26)27/h1-8,18,30H,9-13H2. The second kappa shape index (κ2) is 8.00. The Bertz CT molecular complexity index is 971. The predicted molar refractivity (Wildman–Crippen MR) is 102 cm³/mol. The molecule has 0 saturated carbocycles. The number of alkyl halides is 5. The van der Waals surface area contributed by atoms with Crippen molar-refractivity contribution in [2.75, 3.05) is 26.3 Å². The summed E-state index contributed by atoms with van der Waals surface area (Å²) in [5.74, 6) is -4.08. The van der Waals surface area contributed by atoms with Gasteiger partial charge in [0, 0.05) is 18.5 Å². The Kier molecular flexibility index (Phi) is 5.62. The third-order valence-corrected chi connectivity index (χ3v) is 5.63. The molecule has 2 aliphatic rings. The van der Waals surface area contributed by atoms with Crippen molar-refractivity contribution < 1.29 is 41.3 Å². The van der Waals surface area contributed by atoms with Crippen LogP contribution in [0.3, 0.4) is 0 Å². The van der Waals surface area contributed by atoms with Crippen molar-refractivity contribution in [2.24, 2.45) is 0 Å². The lowest BCUT2D eigenvalue weighted by atomic mass is 9.91. The minimum atomic E-state index is -4.53. The maximum atomic E-state index is 14.7. The summed E-state index contributed by atoms with van der Waals surface area (Å²) in [7, 11) is 0. The number of carbonyl (C=O) groups excluding carboxylic acids is 1. The summed E-state index contributed by atoms with van der Waals surface area (Å²) >= 11 is 0. The number of carbonyl (C=O) groups is 1. The number of ether oxygens (including phenoxy) is 2. The average Bonchev–Trinajstić information content (AvgIpc) is 2.72. The molecule has 2 aliphatic heterocycles. The van der Waals surface area contributed by atoms with Crippen LogP contribution in [0.15, 0.2) is 48.5 Å². The first-order valence-electron chi connectivity index (χ1n) is 9.90. The van der Waals surface area contributed by atoms with Gasteiger partial charge < -0.3 is 19.5 Å². The lowest BCUT2D eigenvalue weighted by molar-refractivity contribution is -0.184. The number of halogens is 5. The molecule has 0 aromatic heterocycles. The smallest absolute Gasteiger partial charge is 0.416 e. The van der Waals surface area contributed by atoms with E-state index in [-0.39, 0.29) is 37.5 Å². The van der Waals surface area contributed by atoms with Gasteiger partial charge in [-0.2, -0.15) is 13.2 Å². The Labute approximate surface area is 180 Å². The molecule has 0 aliphatic carbocycles. The van der Waals surface area contributed by atoms with Crippen molar-refractivity contribution in [2.45, 2.75) is 30.2 Å². The van der Waals surface area contributed by atoms with E-state index in [1.807, 2.05) is 0 Å². The molecule has 1 N–H and O–H groups in total. The second-order valence-electron chi connectivity index (χ2n) is 8.01. The fourth-order valence-corrected chi connectivity index (χ4v) is 3.69. The molecule has 5 nitrogen and oxygen atoms in total. The molecule has 0 radical (unpaired) electrons. The van der Waals surface area contributed by atoms with E-state index in [0.717, 1.165) is 29.2 Å². The average molecular weight is 457 g/mol. The van der Waals surface area contributed by atoms with E-state index in [9.17, 15) is 31.9 Å². The highest BCUT2D eigenvalue weighted by Crippen LogP contribution is 2.34. The molecule has 172 valence electrons. The van der Waals surface area contributed by atoms with Crippen LogP contribution < -0.4 is 4.74 Å². The van der Waals surface area contributed by atoms with Crippen molar-refractivity contribution in [1.29, 1.82) is 0 Å². The molecule has 2 heterocycles. The second-order valence-corrected chi connectivity index (χ2v) is 8.01. The summed E-state index contributed by atoms with van der Waals surface area (Å²) in [6.07, 6.45) is -6.29. The molecule has 32 heavy (non-hydrogen) atoms. The van der Waals surface area contributed by atoms with Gasteiger partial charge in [0.05, 0.1) is 25.3 Å². The zero-order valence-electron chi connectivity index (χ0n) is 16.7. The Morgan fingerprint density at radius 3 is 2.19 bits per heavy atom. The van der Waals surface area contributed by atoms with E-state index in [1.54, 1.807) is 12.1 Å². The van der Waals surface area contributed by atoms with Gasteiger partial charge in [-0.05, 0) is 42.0 Å². The fraction of sp³-hybridized carbons (Fsp3) is 0.409. The molecule has 2 aromatic carbocycles. The number of benzene rings is 2. The van der Waals surface area contributed by atoms with Crippen molar-refractivity contribution >= 4 is 5.91 Å². The highest BCUT2D eigenvalue weighted by molar-refractivity contribution is 5.94. The first-order valence-corrected chi connectivity index (χ1v) is 9.90. The Morgan fingerprint density at radius 1 is 1.06 bits per heavy atom. The molecule has 1 amide bonds. The van der Waals surface area contributed by atoms with Crippen LogP contribution in [0.1, 0.15) is 27.9 Å². The SMILES string of the molecule is O=C(c1ccc(C2(O)COC2)cc1)N1CCC(Oc2ccc(C(F)(F)F)cc2)C(F)(F)C1. The molecule has 1 unspecified atom stereocenters. The predicted octanol–water partition coefficient (Wildman–Crippen LogP) is 3.85. The molecule has 2 aromatic rings. The maximum absolute atomic E-state index is 14.7. The van der Waals surface area contributed by atoms with E-state index in [4.69, 9.17) is 9.47 Å². The number of likely N-dealkylation sites (tertiary alicyclic amines) is 1. The third-order valence-electron chi connectivity index (χ3n) is 5.63. The number of hydrogen-bond acceptors (Lipinski definition) is 4. The fourth-order valence-electron chi connectivity index (χ4n) is 3.69. The summed E-state index contributed by atoms with van der Waals surface area (Å²) in [6.45, 7) is -0.576. The summed E-state index contributed by atoms with van der Waals surface area (Å²) in [5.41, 5.74) is -1.22. The number of nitrogens with zero attached hydrogens (tertiary/aromatic N) is 1. The zero-order valence-corrected chi connectivity index (χ0v) is 16.7. The highest BCUT2D eigenvalue weighted by atomic mass is 19.4. The lowest BCUT2D eigenvalue weighted by Gasteiger charge is -2.38. The molecule has 0 bridgehead atoms. The Balaban J connectivity index is 1.39. The van der Waals surface area contributed by atoms with Gasteiger partial charge in [-0.1, -0.05) is 12.1 Å². The van der Waals surface area contributed by atoms with Crippen LogP contribution in [-0.2, 0) is 16.5 Å². The van der Waals surface area contributed by atoms with Crippen LogP contribution in [-0.4, -0.2) is 54.2 Å². The zero-order chi connectivity index (χ0) is 23.1. The minimum Gasteiger partial charge on any atom is -0.484 e. The molecule has 0 spiro atoms. The van der Waals surface area contributed by atoms with Crippen LogP contribution in [0, 0.1) is 0 Å². The van der Waals surface area contributed by atoms with Crippen LogP contribution in [0.5, 0.6) is 5.75 Å². The first-order chi connectivity index (χ1) is 15.0. The van der Waals surface area contributed by atoms with Gasteiger partial charge in [-0.3, -0.25) is 4.79 Å². The van der Waals surface area contributed by atoms with Gasteiger partial charge in [-0.25, -0.2) is 8.78 Å². The monoisotopic (exact) mass is 457 g/mol. The van der Waals surface area contributed by atoms with E-state index >= 15 is 0 Å². The summed E-state index contributed by atoms with van der Waals surface area (Å²) in [4.78, 5) is 13.7. The van der Waals surface area contributed by atoms with E-state index in [2.05, 4.69) is 0 Å². The quantitative estimate of drug-likeness (QED) is 0.709. The number of hydrogen-bond donors (Lipinski definition) is 1. The van der Waals surface area contributed by atoms with Gasteiger partial charge in [-0.15, -0.1) is 0 Å². The molecule has 4 rings (SSSR count). The maximum Gasteiger partial charge on any atom is 0.416 e. The van der Waals surface area contributed by atoms with Crippen LogP contribution in [0.25, 0.3) is 0 Å². The van der Waals surface area contributed by atoms with Gasteiger partial charge in [0.25, 0.3) is 5.91 Å². The first kappa shape index (κ1) is 22.5. The van der Waals surface area contributed by atoms with Gasteiger partial charge in [0.1, 0.15) is 11.4 Å². The largest absolute Gasteiger partial charge is 0.484 e. The van der Waals surface area contributed by atoms with Gasteiger partial charge in [0.15, 0.2) is 6.10 Å². The van der Waals surface area contributed by atoms with E-state index in [1.165, 1.54) is 12.1 Å².